The molecule has 2 aromatic rings. The number of nitrogens with one attached hydrogen (secondary N) is 1. The van der Waals surface area contributed by atoms with Gasteiger partial charge < -0.3 is 10.2 Å². The lowest BCUT2D eigenvalue weighted by Gasteiger charge is -2.32. The first kappa shape index (κ1) is 16.1. The fourth-order valence-electron chi connectivity index (χ4n) is 2.96. The van der Waals surface area contributed by atoms with E-state index in [9.17, 15) is 9.59 Å². The zero-order valence-electron chi connectivity index (χ0n) is 13.8. The second-order valence-corrected chi connectivity index (χ2v) is 6.02. The number of carbonyl (C=O) groups is 2. The van der Waals surface area contributed by atoms with E-state index < -0.39 is 6.04 Å². The molecule has 0 fully saturated rings. The largest absolute Gasteiger partial charge is 0.324 e. The van der Waals surface area contributed by atoms with Crippen LogP contribution in [0.15, 0.2) is 42.6 Å². The van der Waals surface area contributed by atoms with Gasteiger partial charge in [-0.2, -0.15) is 5.10 Å². The minimum absolute atomic E-state index is 0.0277. The van der Waals surface area contributed by atoms with Crippen LogP contribution in [0.4, 0.5) is 5.69 Å². The Balaban J connectivity index is 2.04. The fraction of sp³-hybridized carbons (Fsp3) is 0.333. The highest BCUT2D eigenvalue weighted by Crippen LogP contribution is 2.28. The Hall–Kier alpha value is -2.76. The summed E-state index contributed by atoms with van der Waals surface area (Å²) in [4.78, 5) is 27.4. The van der Waals surface area contributed by atoms with E-state index in [0.717, 1.165) is 17.7 Å². The summed E-state index contributed by atoms with van der Waals surface area (Å²) in [5, 5.41) is 10.6. The van der Waals surface area contributed by atoms with E-state index >= 15 is 0 Å². The van der Waals surface area contributed by atoms with Crippen LogP contribution in [-0.4, -0.2) is 33.0 Å². The molecular weight excluding hydrogens is 304 g/mol. The lowest BCUT2D eigenvalue weighted by atomic mass is 9.96. The molecule has 6 nitrogen and oxygen atoms in total. The summed E-state index contributed by atoms with van der Waals surface area (Å²) in [5.74, 6) is -0.410. The molecule has 2 unspecified atom stereocenters. The third-order valence-corrected chi connectivity index (χ3v) is 4.46. The minimum Gasteiger partial charge on any atom is -0.324 e. The van der Waals surface area contributed by atoms with Gasteiger partial charge in [0.1, 0.15) is 6.04 Å². The van der Waals surface area contributed by atoms with E-state index in [1.807, 2.05) is 38.1 Å². The van der Waals surface area contributed by atoms with Crippen LogP contribution in [0.2, 0.25) is 0 Å². The molecule has 124 valence electrons. The molecule has 2 heterocycles. The first-order valence-corrected chi connectivity index (χ1v) is 8.09. The average Bonchev–Trinajstić information content (AvgIpc) is 2.77. The smallest absolute Gasteiger partial charge is 0.275 e. The number of carbonyl (C=O) groups excluding carboxylic acids is 2. The fourth-order valence-corrected chi connectivity index (χ4v) is 2.96. The maximum absolute atomic E-state index is 13.0. The average molecular weight is 324 g/mol. The molecule has 0 spiro atoms. The zero-order chi connectivity index (χ0) is 17.1. The first-order valence-electron chi connectivity index (χ1n) is 8.09. The second-order valence-electron chi connectivity index (χ2n) is 6.02. The molecule has 2 atom stereocenters. The third-order valence-electron chi connectivity index (χ3n) is 4.46. The number of aromatic nitrogens is 2. The van der Waals surface area contributed by atoms with Crippen LogP contribution in [0.3, 0.4) is 0 Å². The van der Waals surface area contributed by atoms with Gasteiger partial charge in [-0.05, 0) is 29.7 Å². The van der Waals surface area contributed by atoms with Crippen molar-refractivity contribution in [3.63, 3.8) is 0 Å². The van der Waals surface area contributed by atoms with Crippen LogP contribution in [0.5, 0.6) is 0 Å². The summed E-state index contributed by atoms with van der Waals surface area (Å²) < 4.78 is 0. The molecule has 6 heteroatoms. The van der Waals surface area contributed by atoms with Crippen molar-refractivity contribution in [3.8, 4) is 0 Å². The normalized spacial score (nSPS) is 18.3. The van der Waals surface area contributed by atoms with E-state index in [0.29, 0.717) is 6.54 Å². The number of rotatable bonds is 3. The van der Waals surface area contributed by atoms with Crippen LogP contribution in [0.25, 0.3) is 0 Å². The van der Waals surface area contributed by atoms with Crippen LogP contribution in [0, 0.1) is 5.92 Å². The highest BCUT2D eigenvalue weighted by molar-refractivity contribution is 6.02. The van der Waals surface area contributed by atoms with Crippen LogP contribution < -0.4 is 5.32 Å². The number of anilines is 1. The summed E-state index contributed by atoms with van der Waals surface area (Å²) in [6.07, 6.45) is 2.31. The highest BCUT2D eigenvalue weighted by Gasteiger charge is 2.37. The molecular formula is C18H20N4O2. The van der Waals surface area contributed by atoms with Crippen LogP contribution in [0.1, 0.15) is 36.3 Å². The molecule has 0 aliphatic carbocycles. The van der Waals surface area contributed by atoms with Gasteiger partial charge in [0.25, 0.3) is 5.91 Å². The van der Waals surface area contributed by atoms with Crippen molar-refractivity contribution >= 4 is 17.5 Å². The predicted octanol–water partition coefficient (Wildman–Crippen LogP) is 2.49. The third kappa shape index (κ3) is 2.99. The highest BCUT2D eigenvalue weighted by atomic mass is 16.2. The van der Waals surface area contributed by atoms with Crippen molar-refractivity contribution in [2.45, 2.75) is 32.9 Å². The number of nitrogens with zero attached hydrogens (tertiary/aromatic N) is 3. The lowest BCUT2D eigenvalue weighted by Crippen LogP contribution is -2.49. The van der Waals surface area contributed by atoms with E-state index in [2.05, 4.69) is 15.5 Å². The lowest BCUT2D eigenvalue weighted by molar-refractivity contribution is -0.122. The molecule has 2 amide bonds. The van der Waals surface area contributed by atoms with Crippen molar-refractivity contribution in [1.82, 2.24) is 15.1 Å². The Morgan fingerprint density at radius 1 is 1.33 bits per heavy atom. The van der Waals surface area contributed by atoms with Gasteiger partial charge in [0.05, 0.1) is 0 Å². The Labute approximate surface area is 140 Å². The van der Waals surface area contributed by atoms with Gasteiger partial charge in [0.2, 0.25) is 5.91 Å². The van der Waals surface area contributed by atoms with Crippen LogP contribution in [-0.2, 0) is 11.3 Å². The Kier molecular flexibility index (Phi) is 4.55. The van der Waals surface area contributed by atoms with Crippen molar-refractivity contribution in [2.24, 2.45) is 5.92 Å². The molecule has 1 aromatic heterocycles. The number of amides is 2. The van der Waals surface area contributed by atoms with Gasteiger partial charge in [-0.1, -0.05) is 38.5 Å². The topological polar surface area (TPSA) is 75.2 Å². The standard InChI is InChI=1S/C18H20N4O2/c1-3-12(2)16-17(23)20-14-8-5-4-7-13(14)11-22(16)18(24)15-9-6-10-19-21-15/h4-10,12,16H,3,11H2,1-2H3,(H,20,23). The molecule has 24 heavy (non-hydrogen) atoms. The monoisotopic (exact) mass is 324 g/mol. The van der Waals surface area contributed by atoms with Crippen LogP contribution >= 0.6 is 0 Å². The van der Waals surface area contributed by atoms with E-state index in [1.54, 1.807) is 17.0 Å². The van der Waals surface area contributed by atoms with Gasteiger partial charge in [-0.15, -0.1) is 5.10 Å². The molecule has 0 bridgehead atoms. The summed E-state index contributed by atoms with van der Waals surface area (Å²) in [7, 11) is 0. The van der Waals surface area contributed by atoms with Gasteiger partial charge in [0.15, 0.2) is 5.69 Å². The van der Waals surface area contributed by atoms with E-state index in [1.165, 1.54) is 6.20 Å². The van der Waals surface area contributed by atoms with Gasteiger partial charge >= 0.3 is 0 Å². The number of hydrogen-bond acceptors (Lipinski definition) is 4. The van der Waals surface area contributed by atoms with Gasteiger partial charge in [0, 0.05) is 18.4 Å². The molecule has 0 saturated heterocycles. The maximum Gasteiger partial charge on any atom is 0.275 e. The number of benzene rings is 1. The summed E-state index contributed by atoms with van der Waals surface area (Å²) >= 11 is 0. The molecule has 0 saturated carbocycles. The van der Waals surface area contributed by atoms with E-state index in [4.69, 9.17) is 0 Å². The van der Waals surface area contributed by atoms with Crippen molar-refractivity contribution < 1.29 is 9.59 Å². The maximum atomic E-state index is 13.0. The summed E-state index contributed by atoms with van der Waals surface area (Å²) in [5.41, 5.74) is 1.91. The molecule has 3 rings (SSSR count). The molecule has 1 aliphatic heterocycles. The zero-order valence-corrected chi connectivity index (χ0v) is 13.8. The minimum atomic E-state index is -0.545. The molecule has 1 aliphatic rings. The van der Waals surface area contributed by atoms with Gasteiger partial charge in [-0.3, -0.25) is 9.59 Å². The van der Waals surface area contributed by atoms with E-state index in [-0.39, 0.29) is 23.4 Å². The second kappa shape index (κ2) is 6.78. The SMILES string of the molecule is CCC(C)C1C(=O)Nc2ccccc2CN1C(=O)c1cccnn1. The molecule has 0 radical (unpaired) electrons. The first-order chi connectivity index (χ1) is 11.6. The molecule has 1 N–H and O–H groups in total. The summed E-state index contributed by atoms with van der Waals surface area (Å²) in [6.45, 7) is 4.36. The van der Waals surface area contributed by atoms with Gasteiger partial charge in [-0.25, -0.2) is 0 Å². The number of hydrogen-bond donors (Lipinski definition) is 1. The van der Waals surface area contributed by atoms with Crippen molar-refractivity contribution in [2.75, 3.05) is 5.32 Å². The number of fused-ring (bicyclic) bond motifs is 1. The summed E-state index contributed by atoms with van der Waals surface area (Å²) in [6, 6.07) is 10.3. The van der Waals surface area contributed by atoms with Crippen molar-refractivity contribution in [1.29, 1.82) is 0 Å². The van der Waals surface area contributed by atoms with Crippen molar-refractivity contribution in [3.05, 3.63) is 53.9 Å². The predicted molar refractivity (Wildman–Crippen MR) is 90.2 cm³/mol. The Morgan fingerprint density at radius 2 is 2.12 bits per heavy atom. The number of para-hydroxylation sites is 1. The Bertz CT molecular complexity index is 748. The quantitative estimate of drug-likeness (QED) is 0.941. The molecule has 1 aromatic carbocycles. The Morgan fingerprint density at radius 3 is 2.83 bits per heavy atom.